The Morgan fingerprint density at radius 2 is 2.24 bits per heavy atom. The molecule has 8 nitrogen and oxygen atoms in total. The summed E-state index contributed by atoms with van der Waals surface area (Å²) in [5.74, 6) is 0. The van der Waals surface area contributed by atoms with Gasteiger partial charge in [0.2, 0.25) is 10.0 Å². The highest BCUT2D eigenvalue weighted by Gasteiger charge is 2.31. The summed E-state index contributed by atoms with van der Waals surface area (Å²) >= 11 is 0. The van der Waals surface area contributed by atoms with Crippen LogP contribution < -0.4 is 5.73 Å². The highest BCUT2D eigenvalue weighted by molar-refractivity contribution is 7.89. The topological polar surface area (TPSA) is 116 Å². The Labute approximate surface area is 122 Å². The van der Waals surface area contributed by atoms with Gasteiger partial charge in [-0.05, 0) is 12.5 Å². The number of nitro benzene ring substituents is 1. The molecule has 0 aromatic heterocycles. The number of rotatable bonds is 4. The largest absolute Gasteiger partial charge is 0.397 e. The van der Waals surface area contributed by atoms with Crippen molar-refractivity contribution in [2.75, 3.05) is 25.4 Å². The van der Waals surface area contributed by atoms with Gasteiger partial charge in [-0.2, -0.15) is 4.31 Å². The molecule has 1 fully saturated rings. The Kier molecular flexibility index (Phi) is 4.45. The highest BCUT2D eigenvalue weighted by Crippen LogP contribution is 2.27. The van der Waals surface area contributed by atoms with Crippen molar-refractivity contribution in [1.29, 1.82) is 0 Å². The van der Waals surface area contributed by atoms with Gasteiger partial charge in [-0.3, -0.25) is 10.1 Å². The number of ether oxygens (including phenoxy) is 1. The summed E-state index contributed by atoms with van der Waals surface area (Å²) < 4.78 is 31.9. The van der Waals surface area contributed by atoms with Crippen molar-refractivity contribution >= 4 is 21.4 Å². The predicted molar refractivity (Wildman–Crippen MR) is 76.3 cm³/mol. The van der Waals surface area contributed by atoms with E-state index in [1.54, 1.807) is 0 Å². The van der Waals surface area contributed by atoms with E-state index in [1.807, 2.05) is 6.92 Å². The standard InChI is InChI=1S/C12H17N3O5S/c1-2-10-8-14(5-6-20-10)21(18,19)12-4-3-9(15(16)17)7-11(12)13/h3-4,7,10H,2,5-6,8,13H2,1H3. The number of nitrogen functional groups attached to an aromatic ring is 1. The molecule has 0 amide bonds. The summed E-state index contributed by atoms with van der Waals surface area (Å²) in [4.78, 5) is 9.95. The van der Waals surface area contributed by atoms with E-state index in [0.29, 0.717) is 13.0 Å². The summed E-state index contributed by atoms with van der Waals surface area (Å²) in [7, 11) is -3.77. The highest BCUT2D eigenvalue weighted by atomic mass is 32.2. The number of nitrogens with two attached hydrogens (primary N) is 1. The maximum absolute atomic E-state index is 12.6. The lowest BCUT2D eigenvalue weighted by atomic mass is 10.2. The SMILES string of the molecule is CCC1CN(S(=O)(=O)c2ccc([N+](=O)[O-])cc2N)CCO1. The van der Waals surface area contributed by atoms with Crippen LogP contribution in [0.1, 0.15) is 13.3 Å². The fourth-order valence-electron chi connectivity index (χ4n) is 2.18. The first-order valence-electron chi connectivity index (χ1n) is 6.52. The van der Waals surface area contributed by atoms with Crippen molar-refractivity contribution in [3.8, 4) is 0 Å². The molecule has 0 saturated carbocycles. The van der Waals surface area contributed by atoms with E-state index < -0.39 is 14.9 Å². The zero-order valence-electron chi connectivity index (χ0n) is 11.6. The van der Waals surface area contributed by atoms with Crippen molar-refractivity contribution < 1.29 is 18.1 Å². The van der Waals surface area contributed by atoms with Crippen LogP contribution in [0, 0.1) is 10.1 Å². The third-order valence-corrected chi connectivity index (χ3v) is 5.32. The number of hydrogen-bond acceptors (Lipinski definition) is 6. The maximum Gasteiger partial charge on any atom is 0.271 e. The lowest BCUT2D eigenvalue weighted by molar-refractivity contribution is -0.384. The third kappa shape index (κ3) is 3.14. The van der Waals surface area contributed by atoms with Crippen molar-refractivity contribution in [3.05, 3.63) is 28.3 Å². The molecule has 0 bridgehead atoms. The molecule has 1 saturated heterocycles. The molecule has 9 heteroatoms. The van der Waals surface area contributed by atoms with Crippen molar-refractivity contribution in [2.24, 2.45) is 0 Å². The molecule has 2 rings (SSSR count). The third-order valence-electron chi connectivity index (χ3n) is 3.38. The molecular weight excluding hydrogens is 298 g/mol. The Balaban J connectivity index is 2.33. The van der Waals surface area contributed by atoms with E-state index >= 15 is 0 Å². The fraction of sp³-hybridized carbons (Fsp3) is 0.500. The summed E-state index contributed by atoms with van der Waals surface area (Å²) in [6.07, 6.45) is 0.565. The van der Waals surface area contributed by atoms with E-state index in [4.69, 9.17) is 10.5 Å². The Morgan fingerprint density at radius 3 is 2.81 bits per heavy atom. The van der Waals surface area contributed by atoms with E-state index in [9.17, 15) is 18.5 Å². The van der Waals surface area contributed by atoms with E-state index in [1.165, 1.54) is 10.4 Å². The van der Waals surface area contributed by atoms with Crippen LogP contribution in [-0.4, -0.2) is 43.4 Å². The first-order valence-corrected chi connectivity index (χ1v) is 7.96. The Bertz CT molecular complexity index is 646. The molecule has 1 atom stereocenters. The van der Waals surface area contributed by atoms with Gasteiger partial charge in [0.1, 0.15) is 4.90 Å². The molecule has 0 spiro atoms. The van der Waals surface area contributed by atoms with Crippen molar-refractivity contribution in [2.45, 2.75) is 24.3 Å². The quantitative estimate of drug-likeness (QED) is 0.503. The van der Waals surface area contributed by atoms with Crippen LogP contribution in [-0.2, 0) is 14.8 Å². The van der Waals surface area contributed by atoms with Gasteiger partial charge in [0.15, 0.2) is 0 Å². The molecule has 2 N–H and O–H groups in total. The summed E-state index contributed by atoms with van der Waals surface area (Å²) in [6, 6.07) is 3.38. The smallest absolute Gasteiger partial charge is 0.271 e. The molecular formula is C12H17N3O5S. The molecule has 1 heterocycles. The lowest BCUT2D eigenvalue weighted by Gasteiger charge is -2.31. The number of benzene rings is 1. The number of nitrogens with zero attached hydrogens (tertiary/aromatic N) is 2. The molecule has 116 valence electrons. The first kappa shape index (κ1) is 15.7. The van der Waals surface area contributed by atoms with Gasteiger partial charge in [-0.1, -0.05) is 6.92 Å². The van der Waals surface area contributed by atoms with Crippen LogP contribution >= 0.6 is 0 Å². The minimum absolute atomic E-state index is 0.107. The van der Waals surface area contributed by atoms with Gasteiger partial charge in [0.25, 0.3) is 5.69 Å². The number of morpholine rings is 1. The maximum atomic E-state index is 12.6. The fourth-order valence-corrected chi connectivity index (χ4v) is 3.73. The second-order valence-electron chi connectivity index (χ2n) is 4.74. The summed E-state index contributed by atoms with van der Waals surface area (Å²) in [5, 5.41) is 10.7. The van der Waals surface area contributed by atoms with Crippen LogP contribution in [0.25, 0.3) is 0 Å². The van der Waals surface area contributed by atoms with Crippen LogP contribution in [0.3, 0.4) is 0 Å². The molecule has 0 aliphatic carbocycles. The van der Waals surface area contributed by atoms with Crippen LogP contribution in [0.4, 0.5) is 11.4 Å². The Hall–Kier alpha value is -1.71. The molecule has 1 aliphatic rings. The number of nitro groups is 1. The van der Waals surface area contributed by atoms with E-state index in [0.717, 1.165) is 12.1 Å². The van der Waals surface area contributed by atoms with Gasteiger partial charge >= 0.3 is 0 Å². The molecule has 1 aromatic carbocycles. The Morgan fingerprint density at radius 1 is 1.52 bits per heavy atom. The second kappa shape index (κ2) is 5.96. The normalized spacial score (nSPS) is 20.3. The van der Waals surface area contributed by atoms with Gasteiger partial charge in [0.05, 0.1) is 23.3 Å². The minimum atomic E-state index is -3.77. The zero-order chi connectivity index (χ0) is 15.6. The lowest BCUT2D eigenvalue weighted by Crippen LogP contribution is -2.45. The number of hydrogen-bond donors (Lipinski definition) is 1. The zero-order valence-corrected chi connectivity index (χ0v) is 12.4. The monoisotopic (exact) mass is 315 g/mol. The van der Waals surface area contributed by atoms with E-state index in [-0.39, 0.29) is 35.5 Å². The van der Waals surface area contributed by atoms with Crippen molar-refractivity contribution in [3.63, 3.8) is 0 Å². The second-order valence-corrected chi connectivity index (χ2v) is 6.65. The van der Waals surface area contributed by atoms with Crippen LogP contribution in [0.5, 0.6) is 0 Å². The van der Waals surface area contributed by atoms with Gasteiger partial charge in [-0.25, -0.2) is 8.42 Å². The number of non-ortho nitro benzene ring substituents is 1. The molecule has 1 aromatic rings. The summed E-state index contributed by atoms with van der Waals surface area (Å²) in [6.45, 7) is 2.75. The minimum Gasteiger partial charge on any atom is -0.397 e. The molecule has 21 heavy (non-hydrogen) atoms. The summed E-state index contributed by atoms with van der Waals surface area (Å²) in [5.41, 5.74) is 5.32. The number of sulfonamides is 1. The number of anilines is 1. The average Bonchev–Trinajstić information content (AvgIpc) is 2.46. The predicted octanol–water partition coefficient (Wildman–Crippen LogP) is 0.977. The van der Waals surface area contributed by atoms with Crippen LogP contribution in [0.2, 0.25) is 0 Å². The van der Waals surface area contributed by atoms with Crippen LogP contribution in [0.15, 0.2) is 23.1 Å². The van der Waals surface area contributed by atoms with Gasteiger partial charge in [-0.15, -0.1) is 0 Å². The van der Waals surface area contributed by atoms with Crippen molar-refractivity contribution in [1.82, 2.24) is 4.31 Å². The van der Waals surface area contributed by atoms with E-state index in [2.05, 4.69) is 0 Å². The first-order chi connectivity index (χ1) is 9.86. The molecule has 0 radical (unpaired) electrons. The molecule has 1 unspecified atom stereocenters. The average molecular weight is 315 g/mol. The van der Waals surface area contributed by atoms with Gasteiger partial charge < -0.3 is 10.5 Å². The molecule has 1 aliphatic heterocycles. The van der Waals surface area contributed by atoms with Gasteiger partial charge in [0, 0.05) is 25.2 Å².